The molecule has 4 nitrogen and oxygen atoms in total. The van der Waals surface area contributed by atoms with Crippen LogP contribution in [0.4, 0.5) is 0 Å². The summed E-state index contributed by atoms with van der Waals surface area (Å²) in [6.07, 6.45) is 2.53. The van der Waals surface area contributed by atoms with Crippen LogP contribution >= 0.6 is 12.2 Å². The van der Waals surface area contributed by atoms with Gasteiger partial charge in [0.2, 0.25) is 0 Å². The van der Waals surface area contributed by atoms with E-state index in [1.807, 2.05) is 41.1 Å². The molecule has 0 radical (unpaired) electrons. The molecule has 1 fully saturated rings. The minimum atomic E-state index is -2.88. The lowest BCUT2D eigenvalue weighted by molar-refractivity contribution is 0.600. The molecule has 0 spiro atoms. The third-order valence-corrected chi connectivity index (χ3v) is 5.46. The molecular weight excluding hydrogens is 280 g/mol. The molecule has 1 aliphatic rings. The van der Waals surface area contributed by atoms with Crippen molar-refractivity contribution < 1.29 is 8.42 Å². The molecule has 3 rings (SSSR count). The molecule has 1 unspecified atom stereocenters. The van der Waals surface area contributed by atoms with Crippen LogP contribution in [0.1, 0.15) is 6.42 Å². The number of para-hydroxylation sites is 1. The van der Waals surface area contributed by atoms with E-state index in [0.717, 1.165) is 10.9 Å². The zero-order chi connectivity index (χ0) is 13.5. The van der Waals surface area contributed by atoms with E-state index < -0.39 is 9.84 Å². The van der Waals surface area contributed by atoms with Gasteiger partial charge in [-0.05, 0) is 30.8 Å². The molecule has 0 bridgehead atoms. The molecule has 2 aromatic rings. The minimum Gasteiger partial charge on any atom is -0.358 e. The maximum Gasteiger partial charge on any atom is 0.177 e. The summed E-state index contributed by atoms with van der Waals surface area (Å²) in [7, 11) is -2.88. The van der Waals surface area contributed by atoms with Gasteiger partial charge < -0.3 is 5.32 Å². The van der Waals surface area contributed by atoms with Crippen LogP contribution in [0.3, 0.4) is 0 Å². The first-order chi connectivity index (χ1) is 9.05. The Kier molecular flexibility index (Phi) is 3.06. The van der Waals surface area contributed by atoms with Crippen molar-refractivity contribution in [1.29, 1.82) is 0 Å². The van der Waals surface area contributed by atoms with Gasteiger partial charge in [-0.15, -0.1) is 0 Å². The predicted molar refractivity (Wildman–Crippen MR) is 80.1 cm³/mol. The molecule has 1 N–H and O–H groups in total. The third kappa shape index (κ3) is 2.50. The van der Waals surface area contributed by atoms with Crippen LogP contribution in [-0.4, -0.2) is 35.6 Å². The van der Waals surface area contributed by atoms with Crippen LogP contribution in [0, 0.1) is 0 Å². The maximum absolute atomic E-state index is 11.4. The molecule has 0 aliphatic carbocycles. The molecular formula is C13H14N2O2S2. The molecule has 0 saturated carbocycles. The van der Waals surface area contributed by atoms with Gasteiger partial charge in [0.25, 0.3) is 0 Å². The first-order valence-electron chi connectivity index (χ1n) is 6.12. The van der Waals surface area contributed by atoms with Crippen molar-refractivity contribution in [3.8, 4) is 0 Å². The quantitative estimate of drug-likeness (QED) is 0.811. The van der Waals surface area contributed by atoms with Crippen LogP contribution in [0.5, 0.6) is 0 Å². The van der Waals surface area contributed by atoms with Crippen molar-refractivity contribution in [1.82, 2.24) is 9.88 Å². The molecule has 19 heavy (non-hydrogen) atoms. The number of hydrogen-bond acceptors (Lipinski definition) is 3. The Labute approximate surface area is 117 Å². The number of rotatable bonds is 1. The number of sulfone groups is 1. The summed E-state index contributed by atoms with van der Waals surface area (Å²) in [4.78, 5) is 0. The van der Waals surface area contributed by atoms with Gasteiger partial charge in [0.15, 0.2) is 14.9 Å². The Hall–Kier alpha value is -1.40. The van der Waals surface area contributed by atoms with Crippen molar-refractivity contribution in [2.45, 2.75) is 12.5 Å². The fourth-order valence-corrected chi connectivity index (χ4v) is 4.41. The highest BCUT2D eigenvalue weighted by Gasteiger charge is 2.28. The Morgan fingerprint density at radius 1 is 1.32 bits per heavy atom. The SMILES string of the molecule is O=S1(=O)CCC(NC(=S)n2ccc3ccccc32)C1. The number of nitrogens with one attached hydrogen (secondary N) is 1. The van der Waals surface area contributed by atoms with Gasteiger partial charge in [0, 0.05) is 17.6 Å². The summed E-state index contributed by atoms with van der Waals surface area (Å²) < 4.78 is 24.7. The zero-order valence-electron chi connectivity index (χ0n) is 10.2. The van der Waals surface area contributed by atoms with Gasteiger partial charge in [0.05, 0.1) is 17.0 Å². The lowest BCUT2D eigenvalue weighted by Gasteiger charge is -2.14. The Morgan fingerprint density at radius 3 is 2.84 bits per heavy atom. The summed E-state index contributed by atoms with van der Waals surface area (Å²) in [6.45, 7) is 0. The van der Waals surface area contributed by atoms with Gasteiger partial charge in [0.1, 0.15) is 0 Å². The molecule has 1 aliphatic heterocycles. The van der Waals surface area contributed by atoms with Crippen molar-refractivity contribution in [3.05, 3.63) is 36.5 Å². The van der Waals surface area contributed by atoms with Crippen LogP contribution in [0.2, 0.25) is 0 Å². The van der Waals surface area contributed by atoms with Crippen molar-refractivity contribution in [3.63, 3.8) is 0 Å². The predicted octanol–water partition coefficient (Wildman–Crippen LogP) is 1.55. The first-order valence-corrected chi connectivity index (χ1v) is 8.35. The lowest BCUT2D eigenvalue weighted by Crippen LogP contribution is -2.37. The number of benzene rings is 1. The van der Waals surface area contributed by atoms with Gasteiger partial charge in [-0.25, -0.2) is 8.42 Å². The minimum absolute atomic E-state index is 0.0707. The summed E-state index contributed by atoms with van der Waals surface area (Å²) in [6, 6.07) is 9.88. The first kappa shape index (κ1) is 12.6. The molecule has 1 aromatic carbocycles. The van der Waals surface area contributed by atoms with Gasteiger partial charge in [-0.3, -0.25) is 4.57 Å². The van der Waals surface area contributed by atoms with Crippen molar-refractivity contribution in [2.24, 2.45) is 0 Å². The monoisotopic (exact) mass is 294 g/mol. The zero-order valence-corrected chi connectivity index (χ0v) is 11.9. The van der Waals surface area contributed by atoms with Crippen LogP contribution in [-0.2, 0) is 9.84 Å². The molecule has 2 heterocycles. The maximum atomic E-state index is 11.4. The molecule has 1 aromatic heterocycles. The fraction of sp³-hybridized carbons (Fsp3) is 0.308. The van der Waals surface area contributed by atoms with E-state index >= 15 is 0 Å². The van der Waals surface area contributed by atoms with E-state index in [9.17, 15) is 8.42 Å². The van der Waals surface area contributed by atoms with E-state index in [2.05, 4.69) is 5.32 Å². The molecule has 1 atom stereocenters. The highest BCUT2D eigenvalue weighted by molar-refractivity contribution is 7.91. The Morgan fingerprint density at radius 2 is 2.11 bits per heavy atom. The average molecular weight is 294 g/mol. The second-order valence-electron chi connectivity index (χ2n) is 4.79. The molecule has 0 amide bonds. The Bertz CT molecular complexity index is 734. The van der Waals surface area contributed by atoms with Crippen LogP contribution in [0.25, 0.3) is 10.9 Å². The second kappa shape index (κ2) is 4.61. The number of fused-ring (bicyclic) bond motifs is 1. The highest BCUT2D eigenvalue weighted by Crippen LogP contribution is 2.16. The van der Waals surface area contributed by atoms with Gasteiger partial charge in [-0.1, -0.05) is 18.2 Å². The summed E-state index contributed by atoms with van der Waals surface area (Å²) >= 11 is 5.37. The third-order valence-electron chi connectivity index (χ3n) is 3.38. The van der Waals surface area contributed by atoms with Gasteiger partial charge >= 0.3 is 0 Å². The lowest BCUT2D eigenvalue weighted by atomic mass is 10.2. The van der Waals surface area contributed by atoms with Gasteiger partial charge in [-0.2, -0.15) is 0 Å². The summed E-state index contributed by atoms with van der Waals surface area (Å²) in [5, 5.41) is 4.82. The number of aromatic nitrogens is 1. The number of thiocarbonyl (C=S) groups is 1. The molecule has 6 heteroatoms. The normalized spacial score (nSPS) is 21.6. The topological polar surface area (TPSA) is 51.1 Å². The van der Waals surface area contributed by atoms with E-state index in [-0.39, 0.29) is 17.5 Å². The largest absolute Gasteiger partial charge is 0.358 e. The second-order valence-corrected chi connectivity index (χ2v) is 7.41. The van der Waals surface area contributed by atoms with Crippen LogP contribution < -0.4 is 5.32 Å². The summed E-state index contributed by atoms with van der Waals surface area (Å²) in [5.74, 6) is 0.423. The van der Waals surface area contributed by atoms with E-state index in [4.69, 9.17) is 12.2 Å². The van der Waals surface area contributed by atoms with E-state index in [1.165, 1.54) is 0 Å². The van der Waals surface area contributed by atoms with E-state index in [0.29, 0.717) is 11.5 Å². The van der Waals surface area contributed by atoms with E-state index in [1.54, 1.807) is 0 Å². The van der Waals surface area contributed by atoms with Crippen molar-refractivity contribution in [2.75, 3.05) is 11.5 Å². The highest BCUT2D eigenvalue weighted by atomic mass is 32.2. The number of nitrogens with zero attached hydrogens (tertiary/aromatic N) is 1. The smallest absolute Gasteiger partial charge is 0.177 e. The molecule has 1 saturated heterocycles. The Balaban J connectivity index is 1.81. The number of hydrogen-bond donors (Lipinski definition) is 1. The standard InChI is InChI=1S/C13H14N2O2S2/c16-19(17)8-6-11(9-19)14-13(18)15-7-5-10-3-1-2-4-12(10)15/h1-5,7,11H,6,8-9H2,(H,14,18). The van der Waals surface area contributed by atoms with Crippen molar-refractivity contribution >= 4 is 38.1 Å². The molecule has 100 valence electrons. The average Bonchev–Trinajstić information content (AvgIpc) is 2.92. The summed E-state index contributed by atoms with van der Waals surface area (Å²) in [5.41, 5.74) is 1.03. The fourth-order valence-electron chi connectivity index (χ4n) is 2.41. The van der Waals surface area contributed by atoms with Crippen LogP contribution in [0.15, 0.2) is 36.5 Å².